The number of carbonyl (C=O) groups is 6. The Morgan fingerprint density at radius 2 is 1.72 bits per heavy atom. The maximum absolute atomic E-state index is 14.0. The van der Waals surface area contributed by atoms with Crippen molar-refractivity contribution in [2.75, 3.05) is 23.1 Å². The van der Waals surface area contributed by atoms with E-state index in [1.165, 1.54) is 36.4 Å². The maximum Gasteiger partial charge on any atom is 0.305 e. The van der Waals surface area contributed by atoms with Crippen molar-refractivity contribution in [3.05, 3.63) is 53.1 Å². The molecular weight excluding hydrogens is 512 g/mol. The Labute approximate surface area is 223 Å². The first kappa shape index (κ1) is 28.8. The summed E-state index contributed by atoms with van der Waals surface area (Å²) >= 11 is 0. The second-order valence-corrected chi connectivity index (χ2v) is 8.95. The van der Waals surface area contributed by atoms with Gasteiger partial charge in [-0.15, -0.1) is 0 Å². The second kappa shape index (κ2) is 11.7. The summed E-state index contributed by atoms with van der Waals surface area (Å²) < 4.78 is 0. The minimum Gasteiger partial charge on any atom is -0.507 e. The zero-order valence-electron chi connectivity index (χ0n) is 21.5. The van der Waals surface area contributed by atoms with Gasteiger partial charge in [-0.05, 0) is 49.2 Å². The number of amides is 4. The Balaban J connectivity index is 2.17. The lowest BCUT2D eigenvalue weighted by atomic mass is 10.0. The quantitative estimate of drug-likeness (QED) is 0.342. The lowest BCUT2D eigenvalue weighted by Crippen LogP contribution is -2.61. The number of para-hydroxylation sites is 2. The summed E-state index contributed by atoms with van der Waals surface area (Å²) in [4.78, 5) is 77.1. The van der Waals surface area contributed by atoms with Crippen LogP contribution >= 0.6 is 0 Å². The normalized spacial score (nSPS) is 15.6. The molecule has 0 radical (unpaired) electrons. The van der Waals surface area contributed by atoms with Crippen LogP contribution in [0, 0.1) is 13.8 Å². The number of carboxylic acids is 1. The summed E-state index contributed by atoms with van der Waals surface area (Å²) in [5.74, 6) is -4.77. The number of carbonyl (C=O) groups excluding carboxylic acids is 5. The van der Waals surface area contributed by atoms with E-state index in [1.807, 2.05) is 0 Å². The minimum atomic E-state index is -1.60. The molecule has 1 aliphatic rings. The Bertz CT molecular complexity index is 1320. The number of hydrogen-bond donors (Lipinski definition) is 4. The zero-order chi connectivity index (χ0) is 29.0. The molecule has 0 aliphatic carbocycles. The minimum absolute atomic E-state index is 0.00568. The fraction of sp³-hybridized carbons (Fsp3) is 0.308. The molecule has 2 aromatic carbocycles. The van der Waals surface area contributed by atoms with Gasteiger partial charge in [0.05, 0.1) is 24.3 Å². The smallest absolute Gasteiger partial charge is 0.305 e. The van der Waals surface area contributed by atoms with Gasteiger partial charge in [-0.2, -0.15) is 0 Å². The number of aryl methyl sites for hydroxylation is 2. The third kappa shape index (κ3) is 5.88. The van der Waals surface area contributed by atoms with Crippen LogP contribution in [0.3, 0.4) is 0 Å². The molecule has 2 aromatic rings. The number of phenols is 1. The van der Waals surface area contributed by atoms with E-state index in [-0.39, 0.29) is 29.0 Å². The van der Waals surface area contributed by atoms with Crippen LogP contribution in [-0.4, -0.2) is 81.4 Å². The van der Waals surface area contributed by atoms with Crippen LogP contribution in [0.25, 0.3) is 0 Å². The number of phenolic OH excluding ortho intramolecular Hbond substituents is 1. The number of anilines is 2. The molecule has 0 saturated heterocycles. The van der Waals surface area contributed by atoms with Crippen LogP contribution in [0.4, 0.5) is 11.4 Å². The van der Waals surface area contributed by atoms with Gasteiger partial charge >= 0.3 is 5.97 Å². The molecule has 0 bridgehead atoms. The number of nitrogens with one attached hydrogen (secondary N) is 1. The number of aromatic hydroxyl groups is 1. The highest BCUT2D eigenvalue weighted by atomic mass is 16.4. The van der Waals surface area contributed by atoms with Crippen LogP contribution in [-0.2, 0) is 24.0 Å². The van der Waals surface area contributed by atoms with Gasteiger partial charge in [0, 0.05) is 12.5 Å². The van der Waals surface area contributed by atoms with E-state index in [2.05, 4.69) is 5.32 Å². The maximum atomic E-state index is 14.0. The number of aliphatic hydroxyl groups excluding tert-OH is 1. The van der Waals surface area contributed by atoms with Gasteiger partial charge in [0.2, 0.25) is 5.91 Å². The van der Waals surface area contributed by atoms with Gasteiger partial charge in [-0.3, -0.25) is 24.0 Å². The molecule has 1 aliphatic heterocycles. The van der Waals surface area contributed by atoms with E-state index in [4.69, 9.17) is 0 Å². The molecule has 0 saturated carbocycles. The number of aldehydes is 1. The molecule has 0 fully saturated rings. The van der Waals surface area contributed by atoms with Crippen LogP contribution in [0.5, 0.6) is 5.75 Å². The summed E-state index contributed by atoms with van der Waals surface area (Å²) in [7, 11) is 0. The molecular formula is C26H28N4O9. The van der Waals surface area contributed by atoms with E-state index in [0.29, 0.717) is 16.1 Å². The van der Waals surface area contributed by atoms with Gasteiger partial charge in [-0.25, -0.2) is 10.0 Å². The molecule has 13 heteroatoms. The van der Waals surface area contributed by atoms with E-state index in [0.717, 1.165) is 16.8 Å². The number of rotatable bonds is 8. The van der Waals surface area contributed by atoms with Crippen LogP contribution < -0.4 is 15.2 Å². The molecule has 3 rings (SSSR count). The van der Waals surface area contributed by atoms with Gasteiger partial charge in [0.15, 0.2) is 0 Å². The molecule has 4 amide bonds. The summed E-state index contributed by atoms with van der Waals surface area (Å²) in [6, 6.07) is 5.54. The first-order valence-electron chi connectivity index (χ1n) is 11.8. The Hall–Kier alpha value is -4.78. The Morgan fingerprint density at radius 1 is 1.13 bits per heavy atom. The topological polar surface area (TPSA) is 185 Å². The largest absolute Gasteiger partial charge is 0.507 e. The summed E-state index contributed by atoms with van der Waals surface area (Å²) in [6.07, 6.45) is -0.611. The van der Waals surface area contributed by atoms with Gasteiger partial charge in [0.25, 0.3) is 17.7 Å². The van der Waals surface area contributed by atoms with Gasteiger partial charge in [0.1, 0.15) is 30.7 Å². The average Bonchev–Trinajstić information content (AvgIpc) is 3.00. The number of carboxylic acid groups (broad SMARTS) is 1. The van der Waals surface area contributed by atoms with Crippen LogP contribution in [0.2, 0.25) is 0 Å². The predicted molar refractivity (Wildman–Crippen MR) is 137 cm³/mol. The number of nitrogens with zero attached hydrogens (tertiary/aromatic N) is 3. The third-order valence-corrected chi connectivity index (χ3v) is 6.16. The molecule has 4 N–H and O–H groups in total. The van der Waals surface area contributed by atoms with E-state index in [9.17, 15) is 44.1 Å². The molecule has 13 nitrogen and oxygen atoms in total. The fourth-order valence-corrected chi connectivity index (χ4v) is 4.37. The first-order valence-corrected chi connectivity index (χ1v) is 11.8. The fourth-order valence-electron chi connectivity index (χ4n) is 4.37. The van der Waals surface area contributed by atoms with E-state index < -0.39 is 61.3 Å². The summed E-state index contributed by atoms with van der Waals surface area (Å²) in [5, 5.41) is 33.0. The number of aliphatic carboxylic acids is 1. The number of aliphatic hydroxyl groups is 1. The van der Waals surface area contributed by atoms with Crippen LogP contribution in [0.15, 0.2) is 36.4 Å². The Morgan fingerprint density at radius 3 is 2.23 bits per heavy atom. The monoisotopic (exact) mass is 540 g/mol. The highest BCUT2D eigenvalue weighted by Gasteiger charge is 2.42. The number of benzene rings is 2. The highest BCUT2D eigenvalue weighted by molar-refractivity contribution is 6.10. The summed E-state index contributed by atoms with van der Waals surface area (Å²) in [6.45, 7) is 2.81. The molecule has 0 unspecified atom stereocenters. The van der Waals surface area contributed by atoms with Crippen molar-refractivity contribution in [3.8, 4) is 5.75 Å². The van der Waals surface area contributed by atoms with Crippen molar-refractivity contribution < 1.29 is 44.1 Å². The lowest BCUT2D eigenvalue weighted by Gasteiger charge is -2.38. The van der Waals surface area contributed by atoms with Crippen molar-refractivity contribution >= 4 is 47.3 Å². The van der Waals surface area contributed by atoms with Gasteiger partial charge < -0.3 is 30.3 Å². The standard InChI is InChI=1S/C26H28N4O9/c1-14-8-17(9-15(2)24(14)37)25(38)27-19-11-28(22(34)13-32)20-6-4-5-7-21(20)30(26(19)39)29(16(3)33)18(12-31)10-23(35)36/h4-9,12,18-19,32,37H,10-11,13H2,1-3H3,(H,27,38)(H,35,36)/t18-,19-/m0/s1. The number of fused-ring (bicyclic) bond motifs is 1. The van der Waals surface area contributed by atoms with E-state index in [1.54, 1.807) is 13.8 Å². The molecule has 1 heterocycles. The molecule has 0 spiro atoms. The van der Waals surface area contributed by atoms with Gasteiger partial charge in [-0.1, -0.05) is 12.1 Å². The SMILES string of the molecule is CC(=O)N([C@H](C=O)CC(=O)O)N1C(=O)[C@@H](NC(=O)c2cc(C)c(O)c(C)c2)CN(C(=O)CO)c2ccccc21. The second-order valence-electron chi connectivity index (χ2n) is 8.95. The van der Waals surface area contributed by atoms with E-state index >= 15 is 0 Å². The lowest BCUT2D eigenvalue weighted by molar-refractivity contribution is -0.145. The zero-order valence-corrected chi connectivity index (χ0v) is 21.5. The Kier molecular flexibility index (Phi) is 8.66. The van der Waals surface area contributed by atoms with Crippen molar-refractivity contribution in [1.29, 1.82) is 0 Å². The van der Waals surface area contributed by atoms with Crippen molar-refractivity contribution in [2.24, 2.45) is 0 Å². The van der Waals surface area contributed by atoms with Crippen molar-refractivity contribution in [2.45, 2.75) is 39.3 Å². The molecule has 39 heavy (non-hydrogen) atoms. The predicted octanol–water partition coefficient (Wildman–Crippen LogP) is 0.285. The average molecular weight is 541 g/mol. The molecule has 206 valence electrons. The highest BCUT2D eigenvalue weighted by Crippen LogP contribution is 2.35. The third-order valence-electron chi connectivity index (χ3n) is 6.16. The number of hydrogen-bond acceptors (Lipinski definition) is 8. The van der Waals surface area contributed by atoms with Crippen molar-refractivity contribution in [1.82, 2.24) is 10.3 Å². The van der Waals surface area contributed by atoms with Crippen LogP contribution in [0.1, 0.15) is 34.8 Å². The molecule has 0 aromatic heterocycles. The first-order chi connectivity index (χ1) is 18.4. The summed E-state index contributed by atoms with van der Waals surface area (Å²) in [5.41, 5.74) is 0.936. The number of hydrazine groups is 1. The van der Waals surface area contributed by atoms with Crippen molar-refractivity contribution in [3.63, 3.8) is 0 Å². The molecule has 2 atom stereocenters.